The fourth-order valence-electron chi connectivity index (χ4n) is 5.34. The van der Waals surface area contributed by atoms with Gasteiger partial charge in [0.2, 0.25) is 0 Å². The molecular formula is C24H29N5O2S. The lowest BCUT2D eigenvalue weighted by Crippen LogP contribution is -2.37. The summed E-state index contributed by atoms with van der Waals surface area (Å²) in [5.41, 5.74) is 0.942. The minimum Gasteiger partial charge on any atom is -0.481 e. The third kappa shape index (κ3) is 4.70. The van der Waals surface area contributed by atoms with Crippen LogP contribution in [-0.4, -0.2) is 44.3 Å². The van der Waals surface area contributed by atoms with Crippen molar-refractivity contribution in [2.24, 2.45) is 17.8 Å². The number of aromatic amines is 1. The zero-order valence-electron chi connectivity index (χ0n) is 18.1. The van der Waals surface area contributed by atoms with Gasteiger partial charge in [0.15, 0.2) is 11.6 Å². The normalized spacial score (nSPS) is 22.2. The van der Waals surface area contributed by atoms with E-state index in [1.165, 1.54) is 25.7 Å². The quantitative estimate of drug-likeness (QED) is 0.542. The average molecular weight is 452 g/mol. The number of aromatic nitrogens is 4. The largest absolute Gasteiger partial charge is 0.481 e. The Bertz CT molecular complexity index is 1020. The molecule has 3 aromatic heterocycles. The number of pyridine rings is 1. The van der Waals surface area contributed by atoms with Crippen molar-refractivity contribution in [1.29, 1.82) is 0 Å². The molecule has 8 heteroatoms. The minimum absolute atomic E-state index is 0.343. The number of anilines is 1. The van der Waals surface area contributed by atoms with Crippen molar-refractivity contribution in [1.82, 2.24) is 20.2 Å². The molecule has 1 saturated heterocycles. The predicted octanol–water partition coefficient (Wildman–Crippen LogP) is 5.09. The molecule has 5 rings (SSSR count). The maximum atomic E-state index is 11.0. The summed E-state index contributed by atoms with van der Waals surface area (Å²) in [6.07, 6.45) is 9.17. The van der Waals surface area contributed by atoms with E-state index in [0.717, 1.165) is 65.7 Å². The highest BCUT2D eigenvalue weighted by Gasteiger charge is 2.31. The number of hydrogen-bond donors (Lipinski definition) is 2. The van der Waals surface area contributed by atoms with E-state index in [-0.39, 0.29) is 0 Å². The fraction of sp³-hybridized carbons (Fsp3) is 0.500. The number of thiophene rings is 1. The van der Waals surface area contributed by atoms with Crippen LogP contribution in [0, 0.1) is 17.8 Å². The van der Waals surface area contributed by atoms with Crippen molar-refractivity contribution in [3.8, 4) is 22.1 Å². The molecule has 0 amide bonds. The van der Waals surface area contributed by atoms with Gasteiger partial charge in [0.05, 0.1) is 4.88 Å². The van der Waals surface area contributed by atoms with Crippen LogP contribution in [0.15, 0.2) is 35.8 Å². The van der Waals surface area contributed by atoms with Crippen LogP contribution in [-0.2, 0) is 4.79 Å². The molecule has 0 aromatic carbocycles. The van der Waals surface area contributed by atoms with Gasteiger partial charge in [0, 0.05) is 31.3 Å². The van der Waals surface area contributed by atoms with Gasteiger partial charge in [0.1, 0.15) is 5.82 Å². The van der Waals surface area contributed by atoms with Gasteiger partial charge in [-0.05, 0) is 79.9 Å². The lowest BCUT2D eigenvalue weighted by atomic mass is 9.72. The molecule has 0 bridgehead atoms. The number of nitrogens with zero attached hydrogens (tertiary/aromatic N) is 4. The highest BCUT2D eigenvalue weighted by atomic mass is 32.1. The van der Waals surface area contributed by atoms with Crippen molar-refractivity contribution < 1.29 is 9.90 Å². The Hall–Kier alpha value is -2.74. The molecule has 0 unspecified atom stereocenters. The van der Waals surface area contributed by atoms with Crippen LogP contribution in [0.2, 0.25) is 0 Å². The maximum Gasteiger partial charge on any atom is 0.303 e. The van der Waals surface area contributed by atoms with Gasteiger partial charge >= 0.3 is 5.97 Å². The van der Waals surface area contributed by atoms with E-state index in [9.17, 15) is 4.79 Å². The second-order valence-corrected chi connectivity index (χ2v) is 10.1. The molecule has 168 valence electrons. The standard InChI is InChI=1S/C24H29N5O2S/c30-22(31)14-16-3-5-17(6-4-16)18-9-11-29(12-10-18)21-8-7-19(15-25-21)23-26-24(28-27-23)20-2-1-13-32-20/h1-2,7-8,13,15-18H,3-6,9-12,14H2,(H,30,31)(H,26,27,28)/t16-,17+. The van der Waals surface area contributed by atoms with E-state index in [2.05, 4.69) is 32.2 Å². The Morgan fingerprint density at radius 2 is 1.78 bits per heavy atom. The van der Waals surface area contributed by atoms with Gasteiger partial charge in [-0.2, -0.15) is 0 Å². The monoisotopic (exact) mass is 451 g/mol. The molecule has 32 heavy (non-hydrogen) atoms. The van der Waals surface area contributed by atoms with Crippen LogP contribution in [0.4, 0.5) is 5.82 Å². The highest BCUT2D eigenvalue weighted by Crippen LogP contribution is 2.39. The molecular weight excluding hydrogens is 422 g/mol. The molecule has 2 N–H and O–H groups in total. The Labute approximate surface area is 191 Å². The van der Waals surface area contributed by atoms with Crippen molar-refractivity contribution in [3.05, 3.63) is 35.8 Å². The summed E-state index contributed by atoms with van der Waals surface area (Å²) in [7, 11) is 0. The van der Waals surface area contributed by atoms with E-state index in [1.54, 1.807) is 11.3 Å². The van der Waals surface area contributed by atoms with Crippen molar-refractivity contribution in [2.75, 3.05) is 18.0 Å². The van der Waals surface area contributed by atoms with Gasteiger partial charge in [-0.25, -0.2) is 4.98 Å². The number of aliphatic carboxylic acids is 1. The SMILES string of the molecule is O=C(O)C[C@H]1CC[C@@H](C2CCN(c3ccc(-c4nnc(-c5cccs5)[nH]4)cn3)CC2)CC1. The number of carbonyl (C=O) groups is 1. The Morgan fingerprint density at radius 1 is 1.03 bits per heavy atom. The van der Waals surface area contributed by atoms with Crippen molar-refractivity contribution in [2.45, 2.75) is 44.9 Å². The summed E-state index contributed by atoms with van der Waals surface area (Å²) in [5, 5.41) is 19.6. The van der Waals surface area contributed by atoms with E-state index < -0.39 is 5.97 Å². The Balaban J connectivity index is 1.14. The smallest absolute Gasteiger partial charge is 0.303 e. The van der Waals surface area contributed by atoms with Gasteiger partial charge in [-0.3, -0.25) is 4.79 Å². The molecule has 0 radical (unpaired) electrons. The molecule has 7 nitrogen and oxygen atoms in total. The predicted molar refractivity (Wildman–Crippen MR) is 126 cm³/mol. The molecule has 2 aliphatic rings. The third-order valence-electron chi connectivity index (χ3n) is 7.15. The number of nitrogens with one attached hydrogen (secondary N) is 1. The topological polar surface area (TPSA) is 95.0 Å². The van der Waals surface area contributed by atoms with Crippen LogP contribution < -0.4 is 4.90 Å². The van der Waals surface area contributed by atoms with E-state index in [1.807, 2.05) is 23.7 Å². The van der Waals surface area contributed by atoms with Gasteiger partial charge in [-0.1, -0.05) is 6.07 Å². The van der Waals surface area contributed by atoms with Crippen LogP contribution in [0.25, 0.3) is 22.1 Å². The first-order valence-corrected chi connectivity index (χ1v) is 12.4. The summed E-state index contributed by atoms with van der Waals surface area (Å²) in [6, 6.07) is 8.19. The number of piperidine rings is 1. The molecule has 1 saturated carbocycles. The molecule has 1 aliphatic heterocycles. The highest BCUT2D eigenvalue weighted by molar-refractivity contribution is 7.13. The molecule has 2 fully saturated rings. The first-order chi connectivity index (χ1) is 15.7. The summed E-state index contributed by atoms with van der Waals surface area (Å²) < 4.78 is 0. The average Bonchev–Trinajstić information content (AvgIpc) is 3.52. The van der Waals surface area contributed by atoms with Crippen LogP contribution in [0.1, 0.15) is 44.9 Å². The summed E-state index contributed by atoms with van der Waals surface area (Å²) in [5.74, 6) is 3.82. The van der Waals surface area contributed by atoms with Crippen LogP contribution >= 0.6 is 11.3 Å². The van der Waals surface area contributed by atoms with Crippen molar-refractivity contribution >= 4 is 23.1 Å². The number of carboxylic acid groups (broad SMARTS) is 1. The fourth-order valence-corrected chi connectivity index (χ4v) is 6.00. The van der Waals surface area contributed by atoms with Gasteiger partial charge in [-0.15, -0.1) is 21.5 Å². The van der Waals surface area contributed by atoms with Crippen molar-refractivity contribution in [3.63, 3.8) is 0 Å². The van der Waals surface area contributed by atoms with Crippen LogP contribution in [0.3, 0.4) is 0 Å². The molecule has 0 atom stereocenters. The molecule has 4 heterocycles. The maximum absolute atomic E-state index is 11.0. The Morgan fingerprint density at radius 3 is 2.44 bits per heavy atom. The second kappa shape index (κ2) is 9.40. The van der Waals surface area contributed by atoms with Gasteiger partial charge < -0.3 is 15.0 Å². The Kier molecular flexibility index (Phi) is 6.21. The third-order valence-corrected chi connectivity index (χ3v) is 8.02. The molecule has 0 spiro atoms. The number of H-pyrrole nitrogens is 1. The molecule has 3 aromatic rings. The van der Waals surface area contributed by atoms with E-state index >= 15 is 0 Å². The number of carboxylic acids is 1. The van der Waals surface area contributed by atoms with Gasteiger partial charge in [0.25, 0.3) is 0 Å². The molecule has 1 aliphatic carbocycles. The lowest BCUT2D eigenvalue weighted by molar-refractivity contribution is -0.138. The second-order valence-electron chi connectivity index (χ2n) is 9.11. The summed E-state index contributed by atoms with van der Waals surface area (Å²) >= 11 is 1.64. The zero-order valence-corrected chi connectivity index (χ0v) is 18.9. The first-order valence-electron chi connectivity index (χ1n) is 11.6. The van der Waals surface area contributed by atoms with E-state index in [4.69, 9.17) is 10.1 Å². The number of rotatable bonds is 6. The first kappa shape index (κ1) is 21.1. The lowest BCUT2D eigenvalue weighted by Gasteiger charge is -2.39. The zero-order chi connectivity index (χ0) is 21.9. The van der Waals surface area contributed by atoms with E-state index in [0.29, 0.717) is 12.3 Å². The number of hydrogen-bond acceptors (Lipinski definition) is 6. The van der Waals surface area contributed by atoms with Crippen LogP contribution in [0.5, 0.6) is 0 Å². The minimum atomic E-state index is -0.647. The summed E-state index contributed by atoms with van der Waals surface area (Å²) in [6.45, 7) is 2.08. The summed E-state index contributed by atoms with van der Waals surface area (Å²) in [4.78, 5) is 22.4.